The highest BCUT2D eigenvalue weighted by atomic mass is 16.5. The SMILES string of the molecule is CCOc1ccc(-c2nnc3n2CCCCC3)cc1. The predicted octanol–water partition coefficient (Wildman–Crippen LogP) is 3.07. The minimum Gasteiger partial charge on any atom is -0.494 e. The first-order valence-electron chi connectivity index (χ1n) is 7.04. The van der Waals surface area contributed by atoms with Crippen molar-refractivity contribution in [2.24, 2.45) is 0 Å². The highest BCUT2D eigenvalue weighted by Crippen LogP contribution is 2.24. The summed E-state index contributed by atoms with van der Waals surface area (Å²) in [6.07, 6.45) is 4.77. The Bertz CT molecular complexity index is 545. The summed E-state index contributed by atoms with van der Waals surface area (Å²) in [5.41, 5.74) is 1.11. The van der Waals surface area contributed by atoms with Crippen molar-refractivity contribution < 1.29 is 4.74 Å². The number of fused-ring (bicyclic) bond motifs is 1. The van der Waals surface area contributed by atoms with Crippen LogP contribution in [0.4, 0.5) is 0 Å². The van der Waals surface area contributed by atoms with Gasteiger partial charge in [0, 0.05) is 18.5 Å². The summed E-state index contributed by atoms with van der Waals surface area (Å²) in [7, 11) is 0. The summed E-state index contributed by atoms with van der Waals surface area (Å²) in [5.74, 6) is 3.02. The summed E-state index contributed by atoms with van der Waals surface area (Å²) >= 11 is 0. The Kier molecular flexibility index (Phi) is 3.49. The van der Waals surface area contributed by atoms with Crippen LogP contribution in [0.3, 0.4) is 0 Å². The van der Waals surface area contributed by atoms with Gasteiger partial charge in [-0.1, -0.05) is 6.42 Å². The van der Waals surface area contributed by atoms with Crippen LogP contribution in [0.5, 0.6) is 5.75 Å². The van der Waals surface area contributed by atoms with Crippen LogP contribution in [0.2, 0.25) is 0 Å². The van der Waals surface area contributed by atoms with Crippen molar-refractivity contribution in [3.8, 4) is 17.1 Å². The van der Waals surface area contributed by atoms with Crippen molar-refractivity contribution in [2.45, 2.75) is 39.2 Å². The van der Waals surface area contributed by atoms with Crippen LogP contribution in [-0.4, -0.2) is 21.4 Å². The standard InChI is InChI=1S/C15H19N3O/c1-2-19-13-9-7-12(8-10-13)15-17-16-14-6-4-3-5-11-18(14)15/h7-10H,2-6,11H2,1H3. The van der Waals surface area contributed by atoms with Crippen molar-refractivity contribution in [1.82, 2.24) is 14.8 Å². The Morgan fingerprint density at radius 2 is 1.95 bits per heavy atom. The van der Waals surface area contributed by atoms with Gasteiger partial charge in [0.15, 0.2) is 5.82 Å². The van der Waals surface area contributed by atoms with Crippen molar-refractivity contribution in [3.63, 3.8) is 0 Å². The van der Waals surface area contributed by atoms with Crippen LogP contribution in [0.1, 0.15) is 32.0 Å². The van der Waals surface area contributed by atoms with Crippen molar-refractivity contribution in [1.29, 1.82) is 0 Å². The lowest BCUT2D eigenvalue weighted by molar-refractivity contribution is 0.340. The highest BCUT2D eigenvalue weighted by Gasteiger charge is 2.15. The van der Waals surface area contributed by atoms with Gasteiger partial charge in [-0.3, -0.25) is 0 Å². The Morgan fingerprint density at radius 3 is 2.74 bits per heavy atom. The molecule has 3 rings (SSSR count). The second-order valence-corrected chi connectivity index (χ2v) is 4.86. The average Bonchev–Trinajstić information content (AvgIpc) is 2.69. The van der Waals surface area contributed by atoms with Gasteiger partial charge in [0.25, 0.3) is 0 Å². The molecule has 0 saturated heterocycles. The lowest BCUT2D eigenvalue weighted by Gasteiger charge is -2.08. The Hall–Kier alpha value is -1.84. The van der Waals surface area contributed by atoms with Gasteiger partial charge >= 0.3 is 0 Å². The van der Waals surface area contributed by atoms with E-state index in [0.29, 0.717) is 6.61 Å². The van der Waals surface area contributed by atoms with Crippen LogP contribution in [-0.2, 0) is 13.0 Å². The number of hydrogen-bond donors (Lipinski definition) is 0. The molecule has 4 heteroatoms. The smallest absolute Gasteiger partial charge is 0.163 e. The van der Waals surface area contributed by atoms with Crippen LogP contribution in [0, 0.1) is 0 Å². The molecule has 0 saturated carbocycles. The van der Waals surface area contributed by atoms with Crippen molar-refractivity contribution in [3.05, 3.63) is 30.1 Å². The maximum absolute atomic E-state index is 5.47. The van der Waals surface area contributed by atoms with E-state index >= 15 is 0 Å². The molecule has 1 aliphatic heterocycles. The van der Waals surface area contributed by atoms with Gasteiger partial charge < -0.3 is 9.30 Å². The molecule has 4 nitrogen and oxygen atoms in total. The van der Waals surface area contributed by atoms with Crippen LogP contribution >= 0.6 is 0 Å². The number of rotatable bonds is 3. The fourth-order valence-electron chi connectivity index (χ4n) is 2.57. The van der Waals surface area contributed by atoms with E-state index < -0.39 is 0 Å². The van der Waals surface area contributed by atoms with Gasteiger partial charge in [0.1, 0.15) is 11.6 Å². The van der Waals surface area contributed by atoms with Crippen molar-refractivity contribution >= 4 is 0 Å². The lowest BCUT2D eigenvalue weighted by atomic mass is 10.2. The predicted molar refractivity (Wildman–Crippen MR) is 74.2 cm³/mol. The Labute approximate surface area is 113 Å². The zero-order chi connectivity index (χ0) is 13.1. The molecule has 19 heavy (non-hydrogen) atoms. The third-order valence-electron chi connectivity index (χ3n) is 3.53. The molecule has 0 N–H and O–H groups in total. The van der Waals surface area contributed by atoms with E-state index in [0.717, 1.165) is 35.9 Å². The van der Waals surface area contributed by atoms with E-state index in [2.05, 4.69) is 26.9 Å². The van der Waals surface area contributed by atoms with Gasteiger partial charge in [0.05, 0.1) is 6.61 Å². The molecule has 0 amide bonds. The first-order valence-corrected chi connectivity index (χ1v) is 7.04. The van der Waals surface area contributed by atoms with Crippen LogP contribution in [0.15, 0.2) is 24.3 Å². The molecule has 1 aliphatic rings. The zero-order valence-corrected chi connectivity index (χ0v) is 11.3. The number of aromatic nitrogens is 3. The molecule has 0 atom stereocenters. The molecule has 2 aromatic rings. The molecule has 0 aliphatic carbocycles. The largest absolute Gasteiger partial charge is 0.494 e. The number of benzene rings is 1. The molecular weight excluding hydrogens is 238 g/mol. The fourth-order valence-corrected chi connectivity index (χ4v) is 2.57. The van der Waals surface area contributed by atoms with E-state index in [-0.39, 0.29) is 0 Å². The molecule has 100 valence electrons. The molecule has 0 fully saturated rings. The van der Waals surface area contributed by atoms with Gasteiger partial charge in [-0.05, 0) is 44.0 Å². The first kappa shape index (κ1) is 12.2. The number of nitrogens with zero attached hydrogens (tertiary/aromatic N) is 3. The minimum absolute atomic E-state index is 0.694. The molecule has 0 radical (unpaired) electrons. The average molecular weight is 257 g/mol. The molecule has 0 unspecified atom stereocenters. The van der Waals surface area contributed by atoms with Crippen LogP contribution < -0.4 is 4.74 Å². The van der Waals surface area contributed by atoms with E-state index in [1.165, 1.54) is 19.3 Å². The Balaban J connectivity index is 1.91. The summed E-state index contributed by atoms with van der Waals surface area (Å²) in [5, 5.41) is 8.69. The summed E-state index contributed by atoms with van der Waals surface area (Å²) in [6, 6.07) is 8.12. The maximum Gasteiger partial charge on any atom is 0.163 e. The van der Waals surface area contributed by atoms with Crippen molar-refractivity contribution in [2.75, 3.05) is 6.61 Å². The fraction of sp³-hybridized carbons (Fsp3) is 0.467. The number of ether oxygens (including phenoxy) is 1. The van der Waals surface area contributed by atoms with E-state index in [1.54, 1.807) is 0 Å². The normalized spacial score (nSPS) is 14.8. The second-order valence-electron chi connectivity index (χ2n) is 4.86. The number of aryl methyl sites for hydroxylation is 1. The van der Waals surface area contributed by atoms with Gasteiger partial charge in [-0.15, -0.1) is 10.2 Å². The van der Waals surface area contributed by atoms with E-state index in [1.807, 2.05) is 19.1 Å². The molecule has 1 aromatic carbocycles. The molecule has 2 heterocycles. The third kappa shape index (κ3) is 2.48. The number of hydrogen-bond acceptors (Lipinski definition) is 3. The van der Waals surface area contributed by atoms with Gasteiger partial charge in [-0.2, -0.15) is 0 Å². The lowest BCUT2D eigenvalue weighted by Crippen LogP contribution is -2.02. The summed E-state index contributed by atoms with van der Waals surface area (Å²) in [4.78, 5) is 0. The summed E-state index contributed by atoms with van der Waals surface area (Å²) < 4.78 is 7.73. The molecule has 0 bridgehead atoms. The van der Waals surface area contributed by atoms with E-state index in [9.17, 15) is 0 Å². The van der Waals surface area contributed by atoms with Crippen LogP contribution in [0.25, 0.3) is 11.4 Å². The second kappa shape index (κ2) is 5.43. The molecular formula is C15H19N3O. The minimum atomic E-state index is 0.694. The quantitative estimate of drug-likeness (QED) is 0.848. The molecule has 0 spiro atoms. The summed E-state index contributed by atoms with van der Waals surface area (Å²) in [6.45, 7) is 3.72. The monoisotopic (exact) mass is 257 g/mol. The zero-order valence-electron chi connectivity index (χ0n) is 11.3. The third-order valence-corrected chi connectivity index (χ3v) is 3.53. The van der Waals surface area contributed by atoms with Gasteiger partial charge in [0.2, 0.25) is 0 Å². The first-order chi connectivity index (χ1) is 9.38. The Morgan fingerprint density at radius 1 is 1.11 bits per heavy atom. The van der Waals surface area contributed by atoms with E-state index in [4.69, 9.17) is 4.74 Å². The maximum atomic E-state index is 5.47. The van der Waals surface area contributed by atoms with Gasteiger partial charge in [-0.25, -0.2) is 0 Å². The topological polar surface area (TPSA) is 39.9 Å². The highest BCUT2D eigenvalue weighted by molar-refractivity contribution is 5.56. The molecule has 1 aromatic heterocycles.